The molecular formula is C17H27NO2. The molecule has 112 valence electrons. The highest BCUT2D eigenvalue weighted by Crippen LogP contribution is 2.18. The molecule has 1 atom stereocenters. The minimum atomic E-state index is -0.0615. The zero-order valence-electron chi connectivity index (χ0n) is 13.1. The van der Waals surface area contributed by atoms with Gasteiger partial charge in [-0.2, -0.15) is 0 Å². The number of aryl methyl sites for hydroxylation is 1. The van der Waals surface area contributed by atoms with Gasteiger partial charge >= 0.3 is 0 Å². The van der Waals surface area contributed by atoms with Crippen molar-refractivity contribution < 1.29 is 9.90 Å². The Labute approximate surface area is 122 Å². The van der Waals surface area contributed by atoms with Crippen molar-refractivity contribution >= 4 is 5.91 Å². The molecule has 1 amide bonds. The van der Waals surface area contributed by atoms with Gasteiger partial charge in [-0.1, -0.05) is 50.6 Å². The second kappa shape index (κ2) is 7.44. The third kappa shape index (κ3) is 5.74. The van der Waals surface area contributed by atoms with Crippen molar-refractivity contribution in [3.05, 3.63) is 35.4 Å². The second-order valence-corrected chi connectivity index (χ2v) is 6.45. The van der Waals surface area contributed by atoms with Gasteiger partial charge < -0.3 is 10.4 Å². The van der Waals surface area contributed by atoms with E-state index in [9.17, 15) is 4.79 Å². The molecule has 0 spiro atoms. The Morgan fingerprint density at radius 3 is 2.45 bits per heavy atom. The monoisotopic (exact) mass is 277 g/mol. The summed E-state index contributed by atoms with van der Waals surface area (Å²) in [6.07, 6.45) is 1.45. The molecule has 1 aromatic rings. The van der Waals surface area contributed by atoms with Gasteiger partial charge in [0.25, 0.3) is 0 Å². The fourth-order valence-corrected chi connectivity index (χ4v) is 2.06. The SMILES string of the molecule is Cc1ccc(CC(C)C(=O)NCC(C)(C)CCO)cc1. The number of carbonyl (C=O) groups excluding carboxylic acids is 1. The standard InChI is InChI=1S/C17H27NO2/c1-13-5-7-15(8-6-13)11-14(2)16(20)18-12-17(3,4)9-10-19/h5-8,14,19H,9-12H2,1-4H3,(H,18,20). The van der Waals surface area contributed by atoms with Crippen LogP contribution in [0.4, 0.5) is 0 Å². The first-order chi connectivity index (χ1) is 9.34. The molecular weight excluding hydrogens is 250 g/mol. The molecule has 0 bridgehead atoms. The highest BCUT2D eigenvalue weighted by molar-refractivity contribution is 5.78. The Bertz CT molecular complexity index is 423. The Morgan fingerprint density at radius 1 is 1.30 bits per heavy atom. The van der Waals surface area contributed by atoms with Crippen LogP contribution in [0.1, 0.15) is 38.3 Å². The molecule has 1 rings (SSSR count). The Morgan fingerprint density at radius 2 is 1.90 bits per heavy atom. The molecule has 0 aromatic heterocycles. The molecule has 0 radical (unpaired) electrons. The van der Waals surface area contributed by atoms with E-state index in [0.717, 1.165) is 6.42 Å². The van der Waals surface area contributed by atoms with Crippen molar-refractivity contribution in [2.45, 2.75) is 40.5 Å². The van der Waals surface area contributed by atoms with Crippen LogP contribution in [0.25, 0.3) is 0 Å². The third-order valence-corrected chi connectivity index (χ3v) is 3.64. The Kier molecular flexibility index (Phi) is 6.21. The predicted molar refractivity (Wildman–Crippen MR) is 82.5 cm³/mol. The predicted octanol–water partition coefficient (Wildman–Crippen LogP) is 2.70. The summed E-state index contributed by atoms with van der Waals surface area (Å²) in [6.45, 7) is 8.87. The minimum Gasteiger partial charge on any atom is -0.396 e. The number of aliphatic hydroxyl groups is 1. The molecule has 0 heterocycles. The van der Waals surface area contributed by atoms with E-state index >= 15 is 0 Å². The van der Waals surface area contributed by atoms with Crippen molar-refractivity contribution in [2.75, 3.05) is 13.2 Å². The third-order valence-electron chi connectivity index (χ3n) is 3.64. The smallest absolute Gasteiger partial charge is 0.223 e. The first-order valence-corrected chi connectivity index (χ1v) is 7.28. The summed E-state index contributed by atoms with van der Waals surface area (Å²) in [4.78, 5) is 12.1. The molecule has 0 saturated heterocycles. The highest BCUT2D eigenvalue weighted by Gasteiger charge is 2.20. The second-order valence-electron chi connectivity index (χ2n) is 6.45. The number of hydrogen-bond donors (Lipinski definition) is 2. The van der Waals surface area contributed by atoms with E-state index in [2.05, 4.69) is 36.5 Å². The van der Waals surface area contributed by atoms with Crippen LogP contribution in [-0.2, 0) is 11.2 Å². The molecule has 3 nitrogen and oxygen atoms in total. The van der Waals surface area contributed by atoms with Crippen LogP contribution in [0.2, 0.25) is 0 Å². The normalized spacial score (nSPS) is 13.1. The number of amides is 1. The lowest BCUT2D eigenvalue weighted by Crippen LogP contribution is -2.37. The Balaban J connectivity index is 2.45. The maximum absolute atomic E-state index is 12.1. The van der Waals surface area contributed by atoms with Gasteiger partial charge in [-0.3, -0.25) is 4.79 Å². The van der Waals surface area contributed by atoms with Crippen molar-refractivity contribution in [1.29, 1.82) is 0 Å². The average molecular weight is 277 g/mol. The largest absolute Gasteiger partial charge is 0.396 e. The lowest BCUT2D eigenvalue weighted by atomic mass is 9.89. The summed E-state index contributed by atoms with van der Waals surface area (Å²) in [7, 11) is 0. The molecule has 0 aliphatic rings. The molecule has 2 N–H and O–H groups in total. The van der Waals surface area contributed by atoms with Crippen LogP contribution in [0.15, 0.2) is 24.3 Å². The number of aliphatic hydroxyl groups excluding tert-OH is 1. The maximum Gasteiger partial charge on any atom is 0.223 e. The molecule has 1 unspecified atom stereocenters. The van der Waals surface area contributed by atoms with Crippen LogP contribution < -0.4 is 5.32 Å². The molecule has 3 heteroatoms. The van der Waals surface area contributed by atoms with Crippen molar-refractivity contribution in [2.24, 2.45) is 11.3 Å². The van der Waals surface area contributed by atoms with Gasteiger partial charge in [-0.15, -0.1) is 0 Å². The summed E-state index contributed by atoms with van der Waals surface area (Å²) in [6, 6.07) is 8.30. The van der Waals surface area contributed by atoms with Gasteiger partial charge in [0, 0.05) is 19.1 Å². The molecule has 0 fully saturated rings. The summed E-state index contributed by atoms with van der Waals surface area (Å²) in [5.41, 5.74) is 2.36. The lowest BCUT2D eigenvalue weighted by molar-refractivity contribution is -0.125. The van der Waals surface area contributed by atoms with E-state index in [4.69, 9.17) is 5.11 Å². The zero-order valence-corrected chi connectivity index (χ0v) is 13.1. The quantitative estimate of drug-likeness (QED) is 0.805. The van der Waals surface area contributed by atoms with Crippen LogP contribution in [0.3, 0.4) is 0 Å². The molecule has 0 aliphatic carbocycles. The van der Waals surface area contributed by atoms with E-state index in [-0.39, 0.29) is 23.8 Å². The van der Waals surface area contributed by atoms with Crippen LogP contribution in [-0.4, -0.2) is 24.2 Å². The fourth-order valence-electron chi connectivity index (χ4n) is 2.06. The van der Waals surface area contributed by atoms with Crippen molar-refractivity contribution in [1.82, 2.24) is 5.32 Å². The van der Waals surface area contributed by atoms with Crippen molar-refractivity contribution in [3.8, 4) is 0 Å². The average Bonchev–Trinajstić information content (AvgIpc) is 2.38. The van der Waals surface area contributed by atoms with E-state index in [0.29, 0.717) is 13.0 Å². The van der Waals surface area contributed by atoms with Crippen LogP contribution >= 0.6 is 0 Å². The van der Waals surface area contributed by atoms with E-state index < -0.39 is 0 Å². The first-order valence-electron chi connectivity index (χ1n) is 7.28. The van der Waals surface area contributed by atoms with Gasteiger partial charge in [-0.25, -0.2) is 0 Å². The number of rotatable bonds is 7. The summed E-state index contributed by atoms with van der Waals surface area (Å²) in [5.74, 6) is 0.0409. The summed E-state index contributed by atoms with van der Waals surface area (Å²) >= 11 is 0. The zero-order chi connectivity index (χ0) is 15.2. The number of nitrogens with one attached hydrogen (secondary N) is 1. The molecule has 20 heavy (non-hydrogen) atoms. The lowest BCUT2D eigenvalue weighted by Gasteiger charge is -2.25. The van der Waals surface area contributed by atoms with Gasteiger partial charge in [0.05, 0.1) is 0 Å². The van der Waals surface area contributed by atoms with E-state index in [1.165, 1.54) is 11.1 Å². The fraction of sp³-hybridized carbons (Fsp3) is 0.588. The topological polar surface area (TPSA) is 49.3 Å². The van der Waals surface area contributed by atoms with Gasteiger partial charge in [0.2, 0.25) is 5.91 Å². The summed E-state index contributed by atoms with van der Waals surface area (Å²) in [5, 5.41) is 12.0. The van der Waals surface area contributed by atoms with Crippen LogP contribution in [0.5, 0.6) is 0 Å². The van der Waals surface area contributed by atoms with E-state index in [1.807, 2.05) is 20.8 Å². The van der Waals surface area contributed by atoms with E-state index in [1.54, 1.807) is 0 Å². The maximum atomic E-state index is 12.1. The van der Waals surface area contributed by atoms with Gasteiger partial charge in [-0.05, 0) is 30.7 Å². The first kappa shape index (κ1) is 16.7. The van der Waals surface area contributed by atoms with Gasteiger partial charge in [0.1, 0.15) is 0 Å². The molecule has 0 aliphatic heterocycles. The minimum absolute atomic E-state index is 0.0392. The Hall–Kier alpha value is -1.35. The van der Waals surface area contributed by atoms with Gasteiger partial charge in [0.15, 0.2) is 0 Å². The number of carbonyl (C=O) groups is 1. The summed E-state index contributed by atoms with van der Waals surface area (Å²) < 4.78 is 0. The molecule has 1 aromatic carbocycles. The highest BCUT2D eigenvalue weighted by atomic mass is 16.3. The molecule has 0 saturated carbocycles. The number of benzene rings is 1. The number of hydrogen-bond acceptors (Lipinski definition) is 2. The van der Waals surface area contributed by atoms with Crippen LogP contribution in [0, 0.1) is 18.3 Å². The van der Waals surface area contributed by atoms with Crippen molar-refractivity contribution in [3.63, 3.8) is 0 Å².